The molecule has 2 aromatic heterocycles. The molecule has 2 N–H and O–H groups in total. The molecule has 4 rings (SSSR count). The van der Waals surface area contributed by atoms with Gasteiger partial charge in [0.05, 0.1) is 35.7 Å². The molecule has 2 aromatic rings. The van der Waals surface area contributed by atoms with Crippen molar-refractivity contribution >= 4 is 24.3 Å². The molecule has 1 saturated heterocycles. The second-order valence-electron chi connectivity index (χ2n) is 10.5. The summed E-state index contributed by atoms with van der Waals surface area (Å²) in [7, 11) is 0. The fourth-order valence-electron chi connectivity index (χ4n) is 5.45. The van der Waals surface area contributed by atoms with E-state index in [1.54, 1.807) is 19.9 Å². The van der Waals surface area contributed by atoms with Crippen molar-refractivity contribution in [1.29, 1.82) is 0 Å². The standard InChI is InChI=1S/C26H33F5N8O2/c1-4-20(38(5-2)32-3)23(41)36-21(15-6-8-25(27,28)9-7-15)19-14-39-24(35-19)34-13-18(37-39)11-16-10-17(26(29,30)31)12-33-22(16)40/h4,13-17,21H,3,5-12H2,1-2H3,(H,33,40)(H,36,41)/b20-4-. The van der Waals surface area contributed by atoms with Crippen LogP contribution in [0.5, 0.6) is 0 Å². The number of nitrogens with zero attached hydrogens (tertiary/aromatic N) is 6. The zero-order valence-electron chi connectivity index (χ0n) is 22.8. The zero-order valence-corrected chi connectivity index (χ0v) is 22.8. The molecule has 224 valence electrons. The number of fused-ring (bicyclic) bond motifs is 1. The molecule has 1 aliphatic heterocycles. The highest BCUT2D eigenvalue weighted by Gasteiger charge is 2.45. The number of hydrazone groups is 1. The van der Waals surface area contributed by atoms with Crippen LogP contribution in [-0.4, -0.2) is 68.3 Å². The molecule has 1 saturated carbocycles. The molecule has 0 radical (unpaired) electrons. The van der Waals surface area contributed by atoms with Gasteiger partial charge in [-0.2, -0.15) is 23.4 Å². The van der Waals surface area contributed by atoms with E-state index in [9.17, 15) is 31.5 Å². The van der Waals surface area contributed by atoms with Crippen LogP contribution in [-0.2, 0) is 16.0 Å². The number of hydrogen-bond acceptors (Lipinski definition) is 7. The predicted molar refractivity (Wildman–Crippen MR) is 139 cm³/mol. The minimum Gasteiger partial charge on any atom is -0.355 e. The third-order valence-electron chi connectivity index (χ3n) is 7.73. The number of nitrogens with one attached hydrogen (secondary N) is 2. The fourth-order valence-corrected chi connectivity index (χ4v) is 5.45. The molecule has 41 heavy (non-hydrogen) atoms. The summed E-state index contributed by atoms with van der Waals surface area (Å²) in [5, 5.41) is 14.9. The van der Waals surface area contributed by atoms with Gasteiger partial charge in [0, 0.05) is 45.0 Å². The van der Waals surface area contributed by atoms with Crippen LogP contribution in [0.4, 0.5) is 22.0 Å². The van der Waals surface area contributed by atoms with Gasteiger partial charge in [-0.25, -0.2) is 23.3 Å². The van der Waals surface area contributed by atoms with E-state index in [-0.39, 0.29) is 61.6 Å². The minimum absolute atomic E-state index is 0.0567. The Kier molecular flexibility index (Phi) is 8.92. The van der Waals surface area contributed by atoms with Crippen LogP contribution in [0.25, 0.3) is 5.78 Å². The van der Waals surface area contributed by atoms with Crippen LogP contribution < -0.4 is 10.6 Å². The highest BCUT2D eigenvalue weighted by atomic mass is 19.4. The summed E-state index contributed by atoms with van der Waals surface area (Å²) in [5.41, 5.74) is 0.872. The van der Waals surface area contributed by atoms with Crippen LogP contribution >= 0.6 is 0 Å². The number of amides is 2. The van der Waals surface area contributed by atoms with Crippen molar-refractivity contribution in [3.63, 3.8) is 0 Å². The summed E-state index contributed by atoms with van der Waals surface area (Å²) >= 11 is 0. The second kappa shape index (κ2) is 12.1. The first-order valence-electron chi connectivity index (χ1n) is 13.5. The molecule has 0 spiro atoms. The largest absolute Gasteiger partial charge is 0.393 e. The van der Waals surface area contributed by atoms with Gasteiger partial charge in [0.25, 0.3) is 11.7 Å². The summed E-state index contributed by atoms with van der Waals surface area (Å²) in [6.45, 7) is 6.87. The number of alkyl halides is 5. The molecule has 1 aliphatic carbocycles. The molecule has 2 fully saturated rings. The molecule has 0 aromatic carbocycles. The maximum absolute atomic E-state index is 14.0. The second-order valence-corrected chi connectivity index (χ2v) is 10.5. The molecule has 15 heteroatoms. The topological polar surface area (TPSA) is 117 Å². The fraction of sp³-hybridized carbons (Fsp3) is 0.615. The summed E-state index contributed by atoms with van der Waals surface area (Å²) in [6, 6.07) is -0.749. The highest BCUT2D eigenvalue weighted by molar-refractivity contribution is 5.93. The number of hydrogen-bond donors (Lipinski definition) is 2. The Bertz CT molecular complexity index is 1300. The summed E-state index contributed by atoms with van der Waals surface area (Å²) in [6.07, 6.45) is -0.756. The van der Waals surface area contributed by atoms with Gasteiger partial charge < -0.3 is 10.6 Å². The lowest BCUT2D eigenvalue weighted by Crippen LogP contribution is -2.47. The number of piperidine rings is 1. The van der Waals surface area contributed by atoms with Crippen molar-refractivity contribution in [3.8, 4) is 0 Å². The van der Waals surface area contributed by atoms with E-state index < -0.39 is 48.3 Å². The van der Waals surface area contributed by atoms with Crippen LogP contribution in [0.15, 0.2) is 29.3 Å². The van der Waals surface area contributed by atoms with Crippen molar-refractivity contribution in [2.45, 2.75) is 70.5 Å². The average Bonchev–Trinajstić information content (AvgIpc) is 3.34. The number of aromatic nitrogens is 4. The van der Waals surface area contributed by atoms with Crippen molar-refractivity contribution < 1.29 is 31.5 Å². The summed E-state index contributed by atoms with van der Waals surface area (Å²) in [5.74, 6) is -6.51. The maximum Gasteiger partial charge on any atom is 0.393 e. The Labute approximate surface area is 233 Å². The van der Waals surface area contributed by atoms with Crippen molar-refractivity contribution in [2.24, 2.45) is 22.9 Å². The predicted octanol–water partition coefficient (Wildman–Crippen LogP) is 3.81. The van der Waals surface area contributed by atoms with Gasteiger partial charge in [0.1, 0.15) is 5.70 Å². The normalized spacial score (nSPS) is 22.7. The number of halogens is 5. The average molecular weight is 585 g/mol. The number of imidazole rings is 1. The first-order valence-corrected chi connectivity index (χ1v) is 13.5. The molecule has 2 amide bonds. The van der Waals surface area contributed by atoms with Gasteiger partial charge in [-0.3, -0.25) is 14.6 Å². The van der Waals surface area contributed by atoms with Gasteiger partial charge in [-0.05, 0) is 39.0 Å². The number of carbonyl (C=O) groups is 2. The quantitative estimate of drug-likeness (QED) is 0.201. The monoisotopic (exact) mass is 584 g/mol. The first-order chi connectivity index (χ1) is 19.3. The van der Waals surface area contributed by atoms with E-state index in [4.69, 9.17) is 0 Å². The van der Waals surface area contributed by atoms with E-state index >= 15 is 0 Å². The molecule has 2 aliphatic rings. The summed E-state index contributed by atoms with van der Waals surface area (Å²) in [4.78, 5) is 34.3. The Morgan fingerprint density at radius 2 is 2.07 bits per heavy atom. The molecule has 0 bridgehead atoms. The third-order valence-corrected chi connectivity index (χ3v) is 7.73. The maximum atomic E-state index is 14.0. The number of likely N-dealkylation sites (N-methyl/N-ethyl adjacent to an activating group) is 1. The molecular weight excluding hydrogens is 551 g/mol. The van der Waals surface area contributed by atoms with Gasteiger partial charge in [0.2, 0.25) is 11.8 Å². The van der Waals surface area contributed by atoms with Gasteiger partial charge in [-0.1, -0.05) is 6.08 Å². The van der Waals surface area contributed by atoms with Crippen molar-refractivity contribution in [3.05, 3.63) is 35.6 Å². The van der Waals surface area contributed by atoms with Crippen LogP contribution in [0.2, 0.25) is 0 Å². The number of carbonyl (C=O) groups excluding carboxylic acids is 2. The summed E-state index contributed by atoms with van der Waals surface area (Å²) < 4.78 is 68.9. The third kappa shape index (κ3) is 6.99. The zero-order chi connectivity index (χ0) is 29.9. The van der Waals surface area contributed by atoms with E-state index in [0.29, 0.717) is 12.2 Å². The Hall–Kier alpha value is -3.65. The smallest absolute Gasteiger partial charge is 0.355 e. The Balaban J connectivity index is 1.60. The van der Waals surface area contributed by atoms with Crippen molar-refractivity contribution in [1.82, 2.24) is 35.2 Å². The molecule has 10 nitrogen and oxygen atoms in total. The van der Waals surface area contributed by atoms with Crippen LogP contribution in [0.3, 0.4) is 0 Å². The highest BCUT2D eigenvalue weighted by Crippen LogP contribution is 2.41. The SMILES string of the molecule is C=NN(CC)/C(=C\C)C(=O)NC(c1cn2nc(CC3CC(C(F)(F)F)CNC3=O)cnc2n1)C1CCC(F)(F)CC1. The van der Waals surface area contributed by atoms with Crippen LogP contribution in [0, 0.1) is 17.8 Å². The molecule has 3 atom stereocenters. The lowest BCUT2D eigenvalue weighted by molar-refractivity contribution is -0.183. The van der Waals surface area contributed by atoms with E-state index in [0.717, 1.165) is 0 Å². The van der Waals surface area contributed by atoms with E-state index in [1.807, 2.05) is 0 Å². The van der Waals surface area contributed by atoms with E-state index in [1.165, 1.54) is 21.9 Å². The van der Waals surface area contributed by atoms with Gasteiger partial charge in [0.15, 0.2) is 0 Å². The number of rotatable bonds is 9. The Morgan fingerprint density at radius 1 is 1.37 bits per heavy atom. The lowest BCUT2D eigenvalue weighted by Gasteiger charge is -2.34. The first kappa shape index (κ1) is 30.3. The molecule has 3 unspecified atom stereocenters. The van der Waals surface area contributed by atoms with Gasteiger partial charge >= 0.3 is 6.18 Å². The number of allylic oxidation sites excluding steroid dienone is 1. The van der Waals surface area contributed by atoms with Crippen LogP contribution in [0.1, 0.15) is 63.4 Å². The Morgan fingerprint density at radius 3 is 2.68 bits per heavy atom. The van der Waals surface area contributed by atoms with Crippen molar-refractivity contribution in [2.75, 3.05) is 13.1 Å². The molecular formula is C26H33F5N8O2. The van der Waals surface area contributed by atoms with E-state index in [2.05, 4.69) is 37.5 Å². The minimum atomic E-state index is -4.42. The molecule has 3 heterocycles. The lowest BCUT2D eigenvalue weighted by atomic mass is 9.81. The van der Waals surface area contributed by atoms with Gasteiger partial charge in [-0.15, -0.1) is 0 Å².